The Bertz CT molecular complexity index is 1160. The maximum Gasteiger partial charge on any atom is 0.326 e. The van der Waals surface area contributed by atoms with E-state index in [9.17, 15) is 14.4 Å². The molecule has 0 bridgehead atoms. The van der Waals surface area contributed by atoms with Gasteiger partial charge in [0.05, 0.1) is 14.2 Å². The third kappa shape index (κ3) is 5.02. The van der Waals surface area contributed by atoms with Crippen molar-refractivity contribution in [3.05, 3.63) is 95.6 Å². The largest absolute Gasteiger partial charge is 0.497 e. The van der Waals surface area contributed by atoms with Gasteiger partial charge in [-0.25, -0.2) is 4.79 Å². The molecule has 0 unspecified atom stereocenters. The minimum atomic E-state index is -1.48. The number of urea groups is 1. The van der Waals surface area contributed by atoms with Gasteiger partial charge < -0.3 is 20.1 Å². The van der Waals surface area contributed by atoms with Gasteiger partial charge in [0.15, 0.2) is 5.54 Å². The second kappa shape index (κ2) is 10.9. The lowest BCUT2D eigenvalue weighted by Gasteiger charge is -2.28. The Morgan fingerprint density at radius 2 is 1.42 bits per heavy atom. The van der Waals surface area contributed by atoms with E-state index in [0.717, 1.165) is 17.7 Å². The molecule has 4 rings (SSSR count). The molecule has 1 aliphatic rings. The van der Waals surface area contributed by atoms with Gasteiger partial charge in [-0.05, 0) is 53.8 Å². The summed E-state index contributed by atoms with van der Waals surface area (Å²) in [5.41, 5.74) is 0.809. The van der Waals surface area contributed by atoms with Crippen molar-refractivity contribution in [3.63, 3.8) is 0 Å². The topological polar surface area (TPSA) is 97.0 Å². The standard InChI is InChI=1S/C28H29N3O5/c1-35-23-14-10-21(11-15-23)28(22-12-16-24(36-2)17-13-22)26(33)31(27(34)30-28)19-25(32)29-18-6-9-20-7-4-3-5-8-20/h3-5,7-8,10-17H,6,9,18-19H2,1-2H3,(H,29,32)(H,30,34). The molecule has 8 nitrogen and oxygen atoms in total. The molecule has 2 N–H and O–H groups in total. The normalized spacial score (nSPS) is 14.3. The van der Waals surface area contributed by atoms with Crippen LogP contribution in [0.4, 0.5) is 4.79 Å². The first-order valence-corrected chi connectivity index (χ1v) is 11.7. The average molecular weight is 488 g/mol. The van der Waals surface area contributed by atoms with Crippen LogP contribution >= 0.6 is 0 Å². The zero-order chi connectivity index (χ0) is 25.5. The summed E-state index contributed by atoms with van der Waals surface area (Å²) in [6.45, 7) is 0.0730. The Kier molecular flexibility index (Phi) is 7.53. The number of carbonyl (C=O) groups is 3. The second-order valence-electron chi connectivity index (χ2n) is 8.47. The quantitative estimate of drug-likeness (QED) is 0.338. The van der Waals surface area contributed by atoms with Gasteiger partial charge in [0.1, 0.15) is 18.0 Å². The number of aryl methyl sites for hydroxylation is 1. The van der Waals surface area contributed by atoms with Crippen LogP contribution in [0.5, 0.6) is 11.5 Å². The molecule has 8 heteroatoms. The Morgan fingerprint density at radius 3 is 1.94 bits per heavy atom. The average Bonchev–Trinajstić information content (AvgIpc) is 3.17. The zero-order valence-electron chi connectivity index (χ0n) is 20.3. The Morgan fingerprint density at radius 1 is 0.861 bits per heavy atom. The highest BCUT2D eigenvalue weighted by Gasteiger charge is 2.54. The summed E-state index contributed by atoms with van der Waals surface area (Å²) >= 11 is 0. The monoisotopic (exact) mass is 487 g/mol. The van der Waals surface area contributed by atoms with E-state index in [1.807, 2.05) is 30.3 Å². The van der Waals surface area contributed by atoms with E-state index in [4.69, 9.17) is 9.47 Å². The van der Waals surface area contributed by atoms with Gasteiger partial charge in [-0.3, -0.25) is 14.5 Å². The van der Waals surface area contributed by atoms with Gasteiger partial charge >= 0.3 is 6.03 Å². The van der Waals surface area contributed by atoms with Crippen molar-refractivity contribution in [2.45, 2.75) is 18.4 Å². The fraction of sp³-hybridized carbons (Fsp3) is 0.250. The van der Waals surface area contributed by atoms with E-state index in [0.29, 0.717) is 29.2 Å². The van der Waals surface area contributed by atoms with Crippen LogP contribution < -0.4 is 20.1 Å². The molecule has 3 aromatic carbocycles. The van der Waals surface area contributed by atoms with Crippen molar-refractivity contribution in [1.29, 1.82) is 0 Å². The number of benzene rings is 3. The van der Waals surface area contributed by atoms with Gasteiger partial charge in [0, 0.05) is 6.54 Å². The number of methoxy groups -OCH3 is 2. The number of hydrogen-bond donors (Lipinski definition) is 2. The first-order valence-electron chi connectivity index (χ1n) is 11.7. The predicted molar refractivity (Wildman–Crippen MR) is 135 cm³/mol. The molecule has 0 aliphatic carbocycles. The molecule has 1 saturated heterocycles. The van der Waals surface area contributed by atoms with Crippen LogP contribution in [0.3, 0.4) is 0 Å². The lowest BCUT2D eigenvalue weighted by molar-refractivity contribution is -0.134. The fourth-order valence-corrected chi connectivity index (χ4v) is 4.32. The predicted octanol–water partition coefficient (Wildman–Crippen LogP) is 3.25. The van der Waals surface area contributed by atoms with Gasteiger partial charge in [0.25, 0.3) is 5.91 Å². The highest BCUT2D eigenvalue weighted by atomic mass is 16.5. The zero-order valence-corrected chi connectivity index (χ0v) is 20.3. The summed E-state index contributed by atoms with van der Waals surface area (Å²) < 4.78 is 10.5. The summed E-state index contributed by atoms with van der Waals surface area (Å²) in [5, 5.41) is 5.66. The lowest BCUT2D eigenvalue weighted by Crippen LogP contribution is -2.46. The SMILES string of the molecule is COc1ccc(C2(c3ccc(OC)cc3)NC(=O)N(CC(=O)NCCCc3ccccc3)C2=O)cc1. The van der Waals surface area contributed by atoms with Crippen molar-refractivity contribution in [2.24, 2.45) is 0 Å². The number of imide groups is 1. The van der Waals surface area contributed by atoms with E-state index >= 15 is 0 Å². The third-order valence-corrected chi connectivity index (χ3v) is 6.26. The van der Waals surface area contributed by atoms with Crippen molar-refractivity contribution < 1.29 is 23.9 Å². The smallest absolute Gasteiger partial charge is 0.326 e. The lowest BCUT2D eigenvalue weighted by atomic mass is 9.82. The highest BCUT2D eigenvalue weighted by molar-refractivity contribution is 6.11. The first-order chi connectivity index (χ1) is 17.5. The fourth-order valence-electron chi connectivity index (χ4n) is 4.32. The summed E-state index contributed by atoms with van der Waals surface area (Å²) in [6.07, 6.45) is 1.57. The van der Waals surface area contributed by atoms with E-state index in [2.05, 4.69) is 10.6 Å². The second-order valence-corrected chi connectivity index (χ2v) is 8.47. The maximum atomic E-state index is 13.8. The molecule has 0 atom stereocenters. The number of hydrogen-bond acceptors (Lipinski definition) is 5. The van der Waals surface area contributed by atoms with Crippen LogP contribution in [-0.4, -0.2) is 50.1 Å². The Hall–Kier alpha value is -4.33. The molecule has 1 aliphatic heterocycles. The Labute approximate surface area is 210 Å². The van der Waals surface area contributed by atoms with Crippen molar-refractivity contribution >= 4 is 17.8 Å². The first kappa shape index (κ1) is 24.8. The van der Waals surface area contributed by atoms with E-state index in [-0.39, 0.29) is 6.54 Å². The van der Waals surface area contributed by atoms with Gasteiger partial charge in [-0.15, -0.1) is 0 Å². The molecule has 0 saturated carbocycles. The third-order valence-electron chi connectivity index (χ3n) is 6.26. The molecular formula is C28H29N3O5. The van der Waals surface area contributed by atoms with Gasteiger partial charge in [-0.2, -0.15) is 0 Å². The van der Waals surface area contributed by atoms with E-state index in [1.165, 1.54) is 5.56 Å². The molecule has 1 fully saturated rings. The summed E-state index contributed by atoms with van der Waals surface area (Å²) in [7, 11) is 3.11. The number of rotatable bonds is 10. The minimum Gasteiger partial charge on any atom is -0.497 e. The molecule has 0 radical (unpaired) electrons. The Balaban J connectivity index is 1.51. The van der Waals surface area contributed by atoms with Crippen molar-refractivity contribution in [3.8, 4) is 11.5 Å². The number of amides is 4. The van der Waals surface area contributed by atoms with Gasteiger partial charge in [-0.1, -0.05) is 54.6 Å². The van der Waals surface area contributed by atoms with Crippen LogP contribution in [0.25, 0.3) is 0 Å². The van der Waals surface area contributed by atoms with Crippen LogP contribution in [0.2, 0.25) is 0 Å². The van der Waals surface area contributed by atoms with Gasteiger partial charge in [0.2, 0.25) is 5.91 Å². The number of carbonyl (C=O) groups excluding carboxylic acids is 3. The molecule has 4 amide bonds. The summed E-state index contributed by atoms with van der Waals surface area (Å²) in [4.78, 5) is 40.4. The summed E-state index contributed by atoms with van der Waals surface area (Å²) in [6, 6.07) is 23.2. The molecule has 3 aromatic rings. The highest BCUT2D eigenvalue weighted by Crippen LogP contribution is 2.37. The molecular weight excluding hydrogens is 458 g/mol. The van der Waals surface area contributed by atoms with E-state index in [1.54, 1.807) is 62.8 Å². The van der Waals surface area contributed by atoms with Crippen LogP contribution in [-0.2, 0) is 21.5 Å². The number of ether oxygens (including phenoxy) is 2. The maximum absolute atomic E-state index is 13.8. The molecule has 0 spiro atoms. The molecule has 36 heavy (non-hydrogen) atoms. The van der Waals surface area contributed by atoms with Crippen molar-refractivity contribution in [1.82, 2.24) is 15.5 Å². The molecule has 1 heterocycles. The van der Waals surface area contributed by atoms with Crippen LogP contribution in [0.15, 0.2) is 78.9 Å². The van der Waals surface area contributed by atoms with Crippen molar-refractivity contribution in [2.75, 3.05) is 27.3 Å². The van der Waals surface area contributed by atoms with Crippen LogP contribution in [0, 0.1) is 0 Å². The minimum absolute atomic E-state index is 0.371. The number of nitrogens with one attached hydrogen (secondary N) is 2. The number of nitrogens with zero attached hydrogens (tertiary/aromatic N) is 1. The summed E-state index contributed by atoms with van der Waals surface area (Å²) in [5.74, 6) is 0.313. The molecule has 186 valence electrons. The molecule has 0 aromatic heterocycles. The van der Waals surface area contributed by atoms with Crippen LogP contribution in [0.1, 0.15) is 23.1 Å². The van der Waals surface area contributed by atoms with E-state index < -0.39 is 23.4 Å².